The zero-order valence-electron chi connectivity index (χ0n) is 14.1. The van der Waals surface area contributed by atoms with E-state index in [0.29, 0.717) is 6.04 Å². The summed E-state index contributed by atoms with van der Waals surface area (Å²) >= 11 is 0. The lowest BCUT2D eigenvalue weighted by atomic mass is 9.94. The number of benzene rings is 1. The molecule has 1 fully saturated rings. The number of rotatable bonds is 3. The van der Waals surface area contributed by atoms with E-state index < -0.39 is 0 Å². The van der Waals surface area contributed by atoms with Crippen molar-refractivity contribution in [1.82, 2.24) is 9.80 Å². The second-order valence-electron chi connectivity index (χ2n) is 7.05. The van der Waals surface area contributed by atoms with Crippen LogP contribution >= 0.6 is 0 Å². The van der Waals surface area contributed by atoms with E-state index in [4.69, 9.17) is 0 Å². The summed E-state index contributed by atoms with van der Waals surface area (Å²) in [6.45, 7) is 11.3. The van der Waals surface area contributed by atoms with Crippen LogP contribution in [0.1, 0.15) is 45.7 Å². The Bertz CT molecular complexity index is 499. The number of nitrogens with zero attached hydrogens (tertiary/aromatic N) is 2. The van der Waals surface area contributed by atoms with Crippen molar-refractivity contribution in [3.05, 3.63) is 35.6 Å². The fourth-order valence-corrected chi connectivity index (χ4v) is 3.10. The summed E-state index contributed by atoms with van der Waals surface area (Å²) in [6, 6.07) is 7.09. The number of hydrogen-bond donors (Lipinski definition) is 0. The maximum Gasteiger partial charge on any atom is 0.228 e. The van der Waals surface area contributed by atoms with E-state index in [1.54, 1.807) is 0 Å². The summed E-state index contributed by atoms with van der Waals surface area (Å²) in [4.78, 5) is 16.7. The zero-order chi connectivity index (χ0) is 16.3. The second-order valence-corrected chi connectivity index (χ2v) is 7.05. The molecule has 1 aliphatic rings. The van der Waals surface area contributed by atoms with Gasteiger partial charge in [0, 0.05) is 37.6 Å². The van der Waals surface area contributed by atoms with Crippen LogP contribution < -0.4 is 0 Å². The van der Waals surface area contributed by atoms with Gasteiger partial charge in [0.1, 0.15) is 5.82 Å². The Kier molecular flexibility index (Phi) is 5.22. The molecule has 1 unspecified atom stereocenters. The normalized spacial score (nSPS) is 18.3. The molecule has 1 aromatic rings. The number of amides is 1. The van der Waals surface area contributed by atoms with Crippen molar-refractivity contribution in [3.63, 3.8) is 0 Å². The van der Waals surface area contributed by atoms with Gasteiger partial charge in [0.2, 0.25) is 5.91 Å². The van der Waals surface area contributed by atoms with E-state index in [1.165, 1.54) is 12.1 Å². The minimum absolute atomic E-state index is 0.195. The third-order valence-electron chi connectivity index (χ3n) is 4.33. The summed E-state index contributed by atoms with van der Waals surface area (Å²) in [7, 11) is 0. The minimum Gasteiger partial charge on any atom is -0.340 e. The third-order valence-corrected chi connectivity index (χ3v) is 4.33. The molecule has 2 rings (SSSR count). The molecule has 122 valence electrons. The van der Waals surface area contributed by atoms with Gasteiger partial charge in [-0.1, -0.05) is 39.8 Å². The van der Waals surface area contributed by atoms with Gasteiger partial charge in [-0.25, -0.2) is 4.39 Å². The first-order valence-electron chi connectivity index (χ1n) is 8.12. The van der Waals surface area contributed by atoms with E-state index in [-0.39, 0.29) is 17.1 Å². The molecule has 1 saturated heterocycles. The Balaban J connectivity index is 2.00. The SMILES string of the molecule is CCC(c1ccc(F)cc1)N1CCN(C(=O)C(C)(C)C)CC1. The molecule has 1 heterocycles. The van der Waals surface area contributed by atoms with E-state index in [9.17, 15) is 9.18 Å². The second kappa shape index (κ2) is 6.78. The summed E-state index contributed by atoms with van der Waals surface area (Å²) in [5, 5.41) is 0. The Hall–Kier alpha value is -1.42. The first kappa shape index (κ1) is 16.9. The molecular weight excluding hydrogens is 279 g/mol. The van der Waals surface area contributed by atoms with Gasteiger partial charge in [-0.2, -0.15) is 0 Å². The summed E-state index contributed by atoms with van der Waals surface area (Å²) in [6.07, 6.45) is 0.985. The minimum atomic E-state index is -0.316. The van der Waals surface area contributed by atoms with Crippen LogP contribution in [-0.4, -0.2) is 41.9 Å². The molecule has 1 amide bonds. The van der Waals surface area contributed by atoms with Gasteiger partial charge in [0.15, 0.2) is 0 Å². The van der Waals surface area contributed by atoms with Crippen LogP contribution in [-0.2, 0) is 4.79 Å². The maximum atomic E-state index is 13.1. The molecule has 0 aliphatic carbocycles. The van der Waals surface area contributed by atoms with E-state index in [0.717, 1.165) is 38.2 Å². The van der Waals surface area contributed by atoms with Crippen molar-refractivity contribution in [2.24, 2.45) is 5.41 Å². The van der Waals surface area contributed by atoms with Crippen LogP contribution in [0.2, 0.25) is 0 Å². The van der Waals surface area contributed by atoms with Crippen molar-refractivity contribution in [1.29, 1.82) is 0 Å². The highest BCUT2D eigenvalue weighted by Gasteiger charge is 2.31. The van der Waals surface area contributed by atoms with Crippen LogP contribution in [0.15, 0.2) is 24.3 Å². The Morgan fingerprint density at radius 1 is 1.14 bits per heavy atom. The van der Waals surface area contributed by atoms with E-state index >= 15 is 0 Å². The number of carbonyl (C=O) groups is 1. The van der Waals surface area contributed by atoms with Crippen molar-refractivity contribution in [2.45, 2.75) is 40.2 Å². The summed E-state index contributed by atoms with van der Waals surface area (Å²) in [5.74, 6) is 0.0289. The van der Waals surface area contributed by atoms with Gasteiger partial charge in [0.25, 0.3) is 0 Å². The lowest BCUT2D eigenvalue weighted by Gasteiger charge is -2.41. The molecule has 1 aromatic carbocycles. The maximum absolute atomic E-state index is 13.1. The predicted octanol–water partition coefficient (Wildman–Crippen LogP) is 3.47. The van der Waals surface area contributed by atoms with Crippen LogP contribution in [0, 0.1) is 11.2 Å². The lowest BCUT2D eigenvalue weighted by molar-refractivity contribution is -0.141. The fraction of sp³-hybridized carbons (Fsp3) is 0.611. The number of piperazine rings is 1. The quantitative estimate of drug-likeness (QED) is 0.854. The van der Waals surface area contributed by atoms with Crippen molar-refractivity contribution >= 4 is 5.91 Å². The van der Waals surface area contributed by atoms with Gasteiger partial charge < -0.3 is 4.90 Å². The summed E-state index contributed by atoms with van der Waals surface area (Å²) < 4.78 is 13.1. The zero-order valence-corrected chi connectivity index (χ0v) is 14.1. The van der Waals surface area contributed by atoms with Crippen LogP contribution in [0.25, 0.3) is 0 Å². The molecular formula is C18H27FN2O. The molecule has 3 nitrogen and oxygen atoms in total. The van der Waals surface area contributed by atoms with Crippen LogP contribution in [0.4, 0.5) is 4.39 Å². The standard InChI is InChI=1S/C18H27FN2O/c1-5-16(14-6-8-15(19)9-7-14)20-10-12-21(13-11-20)17(22)18(2,3)4/h6-9,16H,5,10-13H2,1-4H3. The van der Waals surface area contributed by atoms with Gasteiger partial charge in [-0.05, 0) is 24.1 Å². The highest BCUT2D eigenvalue weighted by molar-refractivity contribution is 5.81. The molecule has 0 radical (unpaired) electrons. The van der Waals surface area contributed by atoms with Crippen LogP contribution in [0.3, 0.4) is 0 Å². The molecule has 0 N–H and O–H groups in total. The van der Waals surface area contributed by atoms with Gasteiger partial charge in [-0.15, -0.1) is 0 Å². The van der Waals surface area contributed by atoms with Crippen LogP contribution in [0.5, 0.6) is 0 Å². The average Bonchev–Trinajstić information content (AvgIpc) is 2.49. The number of halogens is 1. The molecule has 0 spiro atoms. The van der Waals surface area contributed by atoms with E-state index in [1.807, 2.05) is 37.8 Å². The van der Waals surface area contributed by atoms with Gasteiger partial charge in [0.05, 0.1) is 0 Å². The molecule has 4 heteroatoms. The molecule has 1 atom stereocenters. The molecule has 0 saturated carbocycles. The Labute approximate surface area is 133 Å². The molecule has 1 aliphatic heterocycles. The topological polar surface area (TPSA) is 23.6 Å². The van der Waals surface area contributed by atoms with Crippen molar-refractivity contribution in [2.75, 3.05) is 26.2 Å². The molecule has 0 aromatic heterocycles. The number of carbonyl (C=O) groups excluding carboxylic acids is 1. The largest absolute Gasteiger partial charge is 0.340 e. The molecule has 0 bridgehead atoms. The smallest absolute Gasteiger partial charge is 0.228 e. The lowest BCUT2D eigenvalue weighted by Crippen LogP contribution is -2.52. The Morgan fingerprint density at radius 2 is 1.68 bits per heavy atom. The van der Waals surface area contributed by atoms with E-state index in [2.05, 4.69) is 11.8 Å². The van der Waals surface area contributed by atoms with Gasteiger partial charge in [-0.3, -0.25) is 9.69 Å². The van der Waals surface area contributed by atoms with Crippen molar-refractivity contribution < 1.29 is 9.18 Å². The predicted molar refractivity (Wildman–Crippen MR) is 87.0 cm³/mol. The highest BCUT2D eigenvalue weighted by Crippen LogP contribution is 2.26. The number of hydrogen-bond acceptors (Lipinski definition) is 2. The monoisotopic (exact) mass is 306 g/mol. The first-order valence-corrected chi connectivity index (χ1v) is 8.12. The fourth-order valence-electron chi connectivity index (χ4n) is 3.10. The Morgan fingerprint density at radius 3 is 2.14 bits per heavy atom. The van der Waals surface area contributed by atoms with Gasteiger partial charge >= 0.3 is 0 Å². The first-order chi connectivity index (χ1) is 10.3. The summed E-state index contributed by atoms with van der Waals surface area (Å²) in [5.41, 5.74) is 0.836. The third kappa shape index (κ3) is 3.86. The molecule has 22 heavy (non-hydrogen) atoms. The van der Waals surface area contributed by atoms with Crippen molar-refractivity contribution in [3.8, 4) is 0 Å². The highest BCUT2D eigenvalue weighted by atomic mass is 19.1. The average molecular weight is 306 g/mol.